The first kappa shape index (κ1) is 24.3. The summed E-state index contributed by atoms with van der Waals surface area (Å²) < 4.78 is 13.3. The Morgan fingerprint density at radius 1 is 1.10 bits per heavy atom. The largest absolute Gasteiger partial charge is 0.480 e. The number of hydrogen-bond acceptors (Lipinski definition) is 6. The standard InChI is InChI=1S/C20H31BFN3O5/c22-17-6-3-5-16(15-17)18(26)25-13-11-24(12-14-25)10-4-8-20(23,19(27)28)7-1-2-9-21(29)30/h3,5-6,15,29-30H,1-2,4,7-14,23H2,(H,27,28). The number of amides is 1. The van der Waals surface area contributed by atoms with E-state index in [1.54, 1.807) is 11.0 Å². The fourth-order valence-corrected chi connectivity index (χ4v) is 3.70. The smallest absolute Gasteiger partial charge is 0.451 e. The summed E-state index contributed by atoms with van der Waals surface area (Å²) in [6, 6.07) is 5.67. The fraction of sp³-hybridized carbons (Fsp3) is 0.600. The third-order valence-electron chi connectivity index (χ3n) is 5.59. The molecule has 2 rings (SSSR count). The fourth-order valence-electron chi connectivity index (χ4n) is 3.70. The first-order chi connectivity index (χ1) is 14.2. The molecule has 0 saturated carbocycles. The van der Waals surface area contributed by atoms with E-state index in [0.717, 1.165) is 0 Å². The summed E-state index contributed by atoms with van der Waals surface area (Å²) in [5, 5.41) is 27.2. The molecule has 1 unspecified atom stereocenters. The molecule has 1 atom stereocenters. The van der Waals surface area contributed by atoms with Gasteiger partial charge in [0.05, 0.1) is 0 Å². The van der Waals surface area contributed by atoms with Crippen LogP contribution in [0.25, 0.3) is 0 Å². The lowest BCUT2D eigenvalue weighted by molar-refractivity contribution is -0.144. The number of carboxylic acids is 1. The van der Waals surface area contributed by atoms with Gasteiger partial charge in [-0.25, -0.2) is 4.39 Å². The average Bonchev–Trinajstić information content (AvgIpc) is 2.71. The molecule has 0 aliphatic carbocycles. The average molecular weight is 423 g/mol. The molecule has 0 aromatic heterocycles. The first-order valence-corrected chi connectivity index (χ1v) is 10.4. The molecule has 0 bridgehead atoms. The highest BCUT2D eigenvalue weighted by Gasteiger charge is 2.33. The number of nitrogens with zero attached hydrogens (tertiary/aromatic N) is 2. The highest BCUT2D eigenvalue weighted by atomic mass is 19.1. The van der Waals surface area contributed by atoms with Crippen LogP contribution in [0.3, 0.4) is 0 Å². The van der Waals surface area contributed by atoms with Gasteiger partial charge in [0, 0.05) is 31.7 Å². The van der Waals surface area contributed by atoms with Crippen LogP contribution in [0.15, 0.2) is 24.3 Å². The lowest BCUT2D eigenvalue weighted by Crippen LogP contribution is -2.50. The molecule has 1 aliphatic rings. The van der Waals surface area contributed by atoms with Crippen LogP contribution in [0.5, 0.6) is 0 Å². The van der Waals surface area contributed by atoms with Crippen molar-refractivity contribution >= 4 is 19.0 Å². The molecule has 1 fully saturated rings. The maximum Gasteiger partial charge on any atom is 0.451 e. The molecule has 1 amide bonds. The van der Waals surface area contributed by atoms with E-state index >= 15 is 0 Å². The Labute approximate surface area is 176 Å². The number of carboxylic acid groups (broad SMARTS) is 1. The topological polar surface area (TPSA) is 127 Å². The predicted octanol–water partition coefficient (Wildman–Crippen LogP) is 0.789. The summed E-state index contributed by atoms with van der Waals surface area (Å²) in [6.45, 7) is 3.08. The van der Waals surface area contributed by atoms with Crippen molar-refractivity contribution in [3.8, 4) is 0 Å². The van der Waals surface area contributed by atoms with E-state index in [-0.39, 0.29) is 18.6 Å². The van der Waals surface area contributed by atoms with Gasteiger partial charge in [-0.05, 0) is 50.3 Å². The number of benzene rings is 1. The van der Waals surface area contributed by atoms with Gasteiger partial charge in [0.2, 0.25) is 0 Å². The maximum atomic E-state index is 13.3. The summed E-state index contributed by atoms with van der Waals surface area (Å²) in [4.78, 5) is 27.9. The van der Waals surface area contributed by atoms with Crippen LogP contribution < -0.4 is 5.73 Å². The van der Waals surface area contributed by atoms with E-state index in [4.69, 9.17) is 15.8 Å². The zero-order chi connectivity index (χ0) is 22.1. The second-order valence-electron chi connectivity index (χ2n) is 7.94. The van der Waals surface area contributed by atoms with Gasteiger partial charge in [0.15, 0.2) is 0 Å². The van der Waals surface area contributed by atoms with Gasteiger partial charge in [0.1, 0.15) is 11.4 Å². The van der Waals surface area contributed by atoms with Crippen LogP contribution in [0, 0.1) is 5.82 Å². The molecule has 5 N–H and O–H groups in total. The molecule has 1 aromatic rings. The number of halogens is 1. The second-order valence-corrected chi connectivity index (χ2v) is 7.94. The van der Waals surface area contributed by atoms with Gasteiger partial charge >= 0.3 is 13.1 Å². The second kappa shape index (κ2) is 11.4. The van der Waals surface area contributed by atoms with E-state index in [1.165, 1.54) is 18.2 Å². The minimum Gasteiger partial charge on any atom is -0.480 e. The van der Waals surface area contributed by atoms with Crippen LogP contribution in [0.1, 0.15) is 42.5 Å². The maximum absolute atomic E-state index is 13.3. The Morgan fingerprint density at radius 3 is 2.37 bits per heavy atom. The zero-order valence-corrected chi connectivity index (χ0v) is 17.2. The molecule has 166 valence electrons. The number of aliphatic carboxylic acids is 1. The Bertz CT molecular complexity index is 715. The van der Waals surface area contributed by atoms with Crippen LogP contribution in [0.4, 0.5) is 4.39 Å². The van der Waals surface area contributed by atoms with Crippen molar-refractivity contribution in [2.45, 2.75) is 44.0 Å². The molecule has 1 saturated heterocycles. The third-order valence-corrected chi connectivity index (χ3v) is 5.59. The highest BCUT2D eigenvalue weighted by Crippen LogP contribution is 2.20. The number of nitrogens with two attached hydrogens (primary N) is 1. The van der Waals surface area contributed by atoms with Crippen LogP contribution in [0.2, 0.25) is 6.32 Å². The molecule has 8 nitrogen and oxygen atoms in total. The van der Waals surface area contributed by atoms with Crippen LogP contribution >= 0.6 is 0 Å². The monoisotopic (exact) mass is 423 g/mol. The minimum atomic E-state index is -1.38. The van der Waals surface area contributed by atoms with E-state index in [2.05, 4.69) is 4.90 Å². The quantitative estimate of drug-likeness (QED) is 0.306. The van der Waals surface area contributed by atoms with Crippen molar-refractivity contribution in [2.75, 3.05) is 32.7 Å². The summed E-state index contributed by atoms with van der Waals surface area (Å²) in [7, 11) is -1.38. The Balaban J connectivity index is 1.73. The van der Waals surface area contributed by atoms with Gasteiger partial charge < -0.3 is 25.8 Å². The Hall–Kier alpha value is -2.01. The highest BCUT2D eigenvalue weighted by molar-refractivity contribution is 6.40. The zero-order valence-electron chi connectivity index (χ0n) is 17.2. The molecule has 1 aliphatic heterocycles. The summed E-state index contributed by atoms with van der Waals surface area (Å²) in [6.07, 6.45) is 2.45. The Kier molecular flexibility index (Phi) is 9.22. The minimum absolute atomic E-state index is 0.186. The number of carbonyl (C=O) groups excluding carboxylic acids is 1. The molecule has 0 radical (unpaired) electrons. The summed E-state index contributed by atoms with van der Waals surface area (Å²) in [5.41, 5.74) is 5.10. The third kappa shape index (κ3) is 7.35. The molecule has 1 heterocycles. The predicted molar refractivity (Wildman–Crippen MR) is 111 cm³/mol. The van der Waals surface area contributed by atoms with Gasteiger partial charge in [-0.3, -0.25) is 14.5 Å². The molecule has 10 heteroatoms. The van der Waals surface area contributed by atoms with E-state index < -0.39 is 24.4 Å². The van der Waals surface area contributed by atoms with E-state index in [9.17, 15) is 19.1 Å². The Morgan fingerprint density at radius 2 is 1.77 bits per heavy atom. The molecular formula is C20H31BFN3O5. The lowest BCUT2D eigenvalue weighted by atomic mass is 9.81. The van der Waals surface area contributed by atoms with E-state index in [1.807, 2.05) is 0 Å². The van der Waals surface area contributed by atoms with Gasteiger partial charge in [-0.2, -0.15) is 0 Å². The number of unbranched alkanes of at least 4 members (excludes halogenated alkanes) is 1. The van der Waals surface area contributed by atoms with Crippen molar-refractivity contribution in [1.29, 1.82) is 0 Å². The lowest BCUT2D eigenvalue weighted by Gasteiger charge is -2.35. The van der Waals surface area contributed by atoms with Crippen molar-refractivity contribution in [2.24, 2.45) is 5.73 Å². The molecule has 1 aromatic carbocycles. The summed E-state index contributed by atoms with van der Waals surface area (Å²) >= 11 is 0. The van der Waals surface area contributed by atoms with Gasteiger partial charge in [-0.15, -0.1) is 0 Å². The molecular weight excluding hydrogens is 392 g/mol. The van der Waals surface area contributed by atoms with E-state index in [0.29, 0.717) is 64.0 Å². The first-order valence-electron chi connectivity index (χ1n) is 10.4. The summed E-state index contributed by atoms with van der Waals surface area (Å²) in [5.74, 6) is -1.66. The number of rotatable bonds is 11. The molecule has 0 spiro atoms. The van der Waals surface area contributed by atoms with Crippen molar-refractivity contribution in [1.82, 2.24) is 9.80 Å². The van der Waals surface area contributed by atoms with Crippen molar-refractivity contribution in [3.05, 3.63) is 35.6 Å². The SMILES string of the molecule is NC(CCCCB(O)O)(CCCN1CCN(C(=O)c2cccc(F)c2)CC1)C(=O)O. The van der Waals surface area contributed by atoms with Crippen molar-refractivity contribution < 1.29 is 29.1 Å². The van der Waals surface area contributed by atoms with Gasteiger partial charge in [0.25, 0.3) is 5.91 Å². The van der Waals surface area contributed by atoms with Crippen LogP contribution in [-0.2, 0) is 4.79 Å². The number of piperazine rings is 1. The number of hydrogen-bond donors (Lipinski definition) is 4. The van der Waals surface area contributed by atoms with Crippen LogP contribution in [-0.4, -0.2) is 82.2 Å². The van der Waals surface area contributed by atoms with Gasteiger partial charge in [-0.1, -0.05) is 18.9 Å². The van der Waals surface area contributed by atoms with Crippen molar-refractivity contribution in [3.63, 3.8) is 0 Å². The molecule has 30 heavy (non-hydrogen) atoms. The normalized spacial score (nSPS) is 16.9. The number of carbonyl (C=O) groups is 2.